The number of fused-ring (bicyclic) bond motifs is 1. The van der Waals surface area contributed by atoms with Gasteiger partial charge in [-0.15, -0.1) is 0 Å². The summed E-state index contributed by atoms with van der Waals surface area (Å²) in [7, 11) is 1.61. The van der Waals surface area contributed by atoms with Crippen molar-refractivity contribution in [2.75, 3.05) is 12.4 Å². The van der Waals surface area contributed by atoms with E-state index in [2.05, 4.69) is 31.5 Å². The van der Waals surface area contributed by atoms with E-state index in [4.69, 9.17) is 9.15 Å². The standard InChI is InChI=1S/C23H20BrN3O3/c1-14-10-16(6-7-19(14)24)26-22-18-8-9-30-21(18)12-20(27-22)23(28)25-13-15-4-3-5-17(11-15)29-2/h3-12H,13H2,1-2H3,(H,25,28)(H,26,27). The van der Waals surface area contributed by atoms with E-state index in [0.29, 0.717) is 17.9 Å². The molecule has 0 aliphatic rings. The predicted molar refractivity (Wildman–Crippen MR) is 120 cm³/mol. The number of hydrogen-bond donors (Lipinski definition) is 2. The molecule has 6 nitrogen and oxygen atoms in total. The Balaban J connectivity index is 1.58. The summed E-state index contributed by atoms with van der Waals surface area (Å²) in [6.45, 7) is 2.38. The summed E-state index contributed by atoms with van der Waals surface area (Å²) in [6.07, 6.45) is 1.59. The Bertz CT molecular complexity index is 1220. The lowest BCUT2D eigenvalue weighted by Gasteiger charge is -2.11. The SMILES string of the molecule is COc1cccc(CNC(=O)c2cc3occc3c(Nc3ccc(Br)c(C)c3)n2)c1. The number of amides is 1. The Kier molecular flexibility index (Phi) is 5.72. The molecule has 0 bridgehead atoms. The van der Waals surface area contributed by atoms with Crippen molar-refractivity contribution in [3.05, 3.63) is 82.2 Å². The summed E-state index contributed by atoms with van der Waals surface area (Å²) in [5, 5.41) is 7.00. The number of carbonyl (C=O) groups is 1. The van der Waals surface area contributed by atoms with E-state index in [1.54, 1.807) is 19.4 Å². The van der Waals surface area contributed by atoms with Gasteiger partial charge in [0.25, 0.3) is 5.91 Å². The number of ether oxygens (including phenoxy) is 1. The number of nitrogens with zero attached hydrogens (tertiary/aromatic N) is 1. The lowest BCUT2D eigenvalue weighted by molar-refractivity contribution is 0.0946. The highest BCUT2D eigenvalue weighted by atomic mass is 79.9. The summed E-state index contributed by atoms with van der Waals surface area (Å²) in [5.74, 6) is 1.02. The molecule has 7 heteroatoms. The Labute approximate surface area is 182 Å². The molecule has 4 aromatic rings. The van der Waals surface area contributed by atoms with Gasteiger partial charge in [-0.25, -0.2) is 4.98 Å². The number of aromatic nitrogens is 1. The quantitative estimate of drug-likeness (QED) is 0.388. The molecule has 2 N–H and O–H groups in total. The van der Waals surface area contributed by atoms with Crippen molar-refractivity contribution in [3.8, 4) is 5.75 Å². The van der Waals surface area contributed by atoms with Crippen molar-refractivity contribution in [2.45, 2.75) is 13.5 Å². The minimum atomic E-state index is -0.286. The average Bonchev–Trinajstić information content (AvgIpc) is 3.24. The van der Waals surface area contributed by atoms with Crippen molar-refractivity contribution < 1.29 is 13.9 Å². The molecule has 0 fully saturated rings. The Morgan fingerprint density at radius 2 is 2.03 bits per heavy atom. The van der Waals surface area contributed by atoms with Gasteiger partial charge in [0, 0.05) is 22.8 Å². The zero-order chi connectivity index (χ0) is 21.1. The number of carbonyl (C=O) groups excluding carboxylic acids is 1. The van der Waals surface area contributed by atoms with Crippen LogP contribution in [0, 0.1) is 6.92 Å². The first-order valence-corrected chi connectivity index (χ1v) is 10.2. The number of pyridine rings is 1. The van der Waals surface area contributed by atoms with Crippen molar-refractivity contribution >= 4 is 44.3 Å². The fourth-order valence-electron chi connectivity index (χ4n) is 3.09. The second-order valence-electron chi connectivity index (χ2n) is 6.81. The third-order valence-electron chi connectivity index (χ3n) is 4.69. The normalized spacial score (nSPS) is 10.8. The van der Waals surface area contributed by atoms with Crippen LogP contribution in [0.3, 0.4) is 0 Å². The van der Waals surface area contributed by atoms with Gasteiger partial charge in [-0.1, -0.05) is 28.1 Å². The minimum absolute atomic E-state index is 0.275. The van der Waals surface area contributed by atoms with Crippen molar-refractivity contribution in [1.82, 2.24) is 10.3 Å². The van der Waals surface area contributed by atoms with Gasteiger partial charge in [0.15, 0.2) is 0 Å². The van der Waals surface area contributed by atoms with Crippen LogP contribution in [-0.4, -0.2) is 18.0 Å². The van der Waals surface area contributed by atoms with Gasteiger partial charge >= 0.3 is 0 Å². The van der Waals surface area contributed by atoms with E-state index in [0.717, 1.165) is 32.4 Å². The van der Waals surface area contributed by atoms with Crippen LogP contribution in [0.2, 0.25) is 0 Å². The average molecular weight is 466 g/mol. The van der Waals surface area contributed by atoms with Gasteiger partial charge in [-0.05, 0) is 54.4 Å². The van der Waals surface area contributed by atoms with E-state index in [9.17, 15) is 4.79 Å². The summed E-state index contributed by atoms with van der Waals surface area (Å²) < 4.78 is 11.8. The summed E-state index contributed by atoms with van der Waals surface area (Å²) in [5.41, 5.74) is 3.77. The van der Waals surface area contributed by atoms with E-state index < -0.39 is 0 Å². The molecule has 0 atom stereocenters. The molecule has 2 aromatic carbocycles. The van der Waals surface area contributed by atoms with Gasteiger partial charge in [-0.3, -0.25) is 4.79 Å². The number of methoxy groups -OCH3 is 1. The van der Waals surface area contributed by atoms with E-state index >= 15 is 0 Å². The van der Waals surface area contributed by atoms with Gasteiger partial charge < -0.3 is 19.8 Å². The van der Waals surface area contributed by atoms with Gasteiger partial charge in [0.1, 0.15) is 22.8 Å². The van der Waals surface area contributed by atoms with Crippen LogP contribution in [0.15, 0.2) is 69.8 Å². The molecular formula is C23H20BrN3O3. The van der Waals surface area contributed by atoms with Crippen LogP contribution in [0.25, 0.3) is 11.0 Å². The second-order valence-corrected chi connectivity index (χ2v) is 7.67. The number of furan rings is 1. The highest BCUT2D eigenvalue weighted by Gasteiger charge is 2.15. The minimum Gasteiger partial charge on any atom is -0.497 e. The Hall–Kier alpha value is -3.32. The first kappa shape index (κ1) is 20.0. The maximum Gasteiger partial charge on any atom is 0.270 e. The van der Waals surface area contributed by atoms with Crippen molar-refractivity contribution in [1.29, 1.82) is 0 Å². The molecule has 152 valence electrons. The number of aryl methyl sites for hydroxylation is 1. The molecule has 0 radical (unpaired) electrons. The first-order chi connectivity index (χ1) is 14.5. The first-order valence-electron chi connectivity index (χ1n) is 9.36. The number of halogens is 1. The maximum absolute atomic E-state index is 12.8. The smallest absolute Gasteiger partial charge is 0.270 e. The largest absolute Gasteiger partial charge is 0.497 e. The molecule has 0 aliphatic carbocycles. The molecule has 0 unspecified atom stereocenters. The van der Waals surface area contributed by atoms with Gasteiger partial charge in [0.05, 0.1) is 18.8 Å². The maximum atomic E-state index is 12.8. The Morgan fingerprint density at radius 1 is 1.17 bits per heavy atom. The van der Waals surface area contributed by atoms with Crippen LogP contribution >= 0.6 is 15.9 Å². The van der Waals surface area contributed by atoms with Crippen LogP contribution in [0.1, 0.15) is 21.6 Å². The highest BCUT2D eigenvalue weighted by Crippen LogP contribution is 2.28. The molecule has 0 saturated heterocycles. The topological polar surface area (TPSA) is 76.4 Å². The number of nitrogens with one attached hydrogen (secondary N) is 2. The number of rotatable bonds is 6. The summed E-state index contributed by atoms with van der Waals surface area (Å²) >= 11 is 3.51. The molecule has 1 amide bonds. The zero-order valence-electron chi connectivity index (χ0n) is 16.5. The second kappa shape index (κ2) is 8.59. The van der Waals surface area contributed by atoms with Crippen molar-refractivity contribution in [3.63, 3.8) is 0 Å². The third kappa shape index (κ3) is 4.31. The van der Waals surface area contributed by atoms with Gasteiger partial charge in [-0.2, -0.15) is 0 Å². The van der Waals surface area contributed by atoms with Crippen molar-refractivity contribution in [2.24, 2.45) is 0 Å². The predicted octanol–water partition coefficient (Wildman–Crippen LogP) is 5.58. The Morgan fingerprint density at radius 3 is 2.83 bits per heavy atom. The van der Waals surface area contributed by atoms with Crippen LogP contribution in [0.5, 0.6) is 5.75 Å². The molecule has 30 heavy (non-hydrogen) atoms. The summed E-state index contributed by atoms with van der Waals surface area (Å²) in [6, 6.07) is 16.9. The fraction of sp³-hybridized carbons (Fsp3) is 0.130. The molecule has 2 heterocycles. The van der Waals surface area contributed by atoms with Crippen LogP contribution in [-0.2, 0) is 6.54 Å². The lowest BCUT2D eigenvalue weighted by atomic mass is 10.2. The van der Waals surface area contributed by atoms with Crippen LogP contribution < -0.4 is 15.4 Å². The zero-order valence-corrected chi connectivity index (χ0v) is 18.1. The number of benzene rings is 2. The van der Waals surface area contributed by atoms with E-state index in [-0.39, 0.29) is 11.6 Å². The van der Waals surface area contributed by atoms with Crippen LogP contribution in [0.4, 0.5) is 11.5 Å². The van der Waals surface area contributed by atoms with Gasteiger partial charge in [0.2, 0.25) is 0 Å². The number of hydrogen-bond acceptors (Lipinski definition) is 5. The van der Waals surface area contributed by atoms with E-state index in [1.807, 2.05) is 55.5 Å². The molecule has 2 aromatic heterocycles. The lowest BCUT2D eigenvalue weighted by Crippen LogP contribution is -2.24. The molecular weight excluding hydrogens is 446 g/mol. The third-order valence-corrected chi connectivity index (χ3v) is 5.58. The number of anilines is 2. The fourth-order valence-corrected chi connectivity index (χ4v) is 3.34. The van der Waals surface area contributed by atoms with E-state index in [1.165, 1.54) is 0 Å². The highest BCUT2D eigenvalue weighted by molar-refractivity contribution is 9.10. The summed E-state index contributed by atoms with van der Waals surface area (Å²) in [4.78, 5) is 17.3. The molecule has 4 rings (SSSR count). The molecule has 0 spiro atoms. The monoisotopic (exact) mass is 465 g/mol. The molecule has 0 aliphatic heterocycles. The molecule has 0 saturated carbocycles.